The Morgan fingerprint density at radius 1 is 0.913 bits per heavy atom. The average Bonchev–Trinajstić information content (AvgIpc) is 2.68. The Labute approximate surface area is 123 Å². The van der Waals surface area contributed by atoms with Crippen LogP contribution < -0.4 is 10.3 Å². The van der Waals surface area contributed by atoms with Gasteiger partial charge >= 0.3 is 6.09 Å². The van der Waals surface area contributed by atoms with Gasteiger partial charge in [-0.15, -0.1) is 0 Å². The van der Waals surface area contributed by atoms with E-state index < -0.39 is 6.09 Å². The van der Waals surface area contributed by atoms with Gasteiger partial charge in [0, 0.05) is 48.6 Å². The number of ether oxygens (including phenoxy) is 1. The second-order valence-electron chi connectivity index (χ2n) is 2.79. The maximum atomic E-state index is 11.6. The van der Waals surface area contributed by atoms with Gasteiger partial charge in [0.2, 0.25) is 0 Å². The van der Waals surface area contributed by atoms with E-state index in [1.165, 1.54) is 24.3 Å². The zero-order valence-electron chi connectivity index (χ0n) is 11.1. The van der Waals surface area contributed by atoms with Gasteiger partial charge < -0.3 is 4.74 Å². The number of Topliss-reactive ketones (excluding diaryl/α,β-unsaturated/α-hetero) is 1. The van der Waals surface area contributed by atoms with Crippen molar-refractivity contribution in [1.82, 2.24) is 5.54 Å². The molecule has 13 heteroatoms. The first-order chi connectivity index (χ1) is 11.2. The molecule has 0 aliphatic rings. The molecular formula is C10H10F9NO3. The van der Waals surface area contributed by atoms with Crippen molar-refractivity contribution >= 4 is 11.9 Å². The first kappa shape index (κ1) is 28.7. The van der Waals surface area contributed by atoms with Crippen molar-refractivity contribution in [2.24, 2.45) is 0 Å². The number of ketones is 1. The molecule has 0 aliphatic heterocycles. The molecule has 0 unspecified atom stereocenters. The minimum absolute atomic E-state index is 0.00325. The summed E-state index contributed by atoms with van der Waals surface area (Å²) in [6.07, 6.45) is -0.782. The van der Waals surface area contributed by atoms with E-state index in [0.29, 0.717) is 12.0 Å². The molecule has 136 valence electrons. The monoisotopic (exact) mass is 363 g/mol. The summed E-state index contributed by atoms with van der Waals surface area (Å²) in [5.74, 6) is 0.175. The van der Waals surface area contributed by atoms with E-state index in [2.05, 4.69) is 4.74 Å². The zero-order chi connectivity index (χ0) is 19.3. The Kier molecular flexibility index (Phi) is 30.6. The third kappa shape index (κ3) is 15.7. The van der Waals surface area contributed by atoms with Crippen molar-refractivity contribution < 1.29 is 55.4 Å². The van der Waals surface area contributed by atoms with Gasteiger partial charge in [-0.2, -0.15) is 5.54 Å². The number of hydrogen-bond donors (Lipinski definition) is 1. The largest absolute Gasteiger partial charge is 0.440 e. The normalized spacial score (nSPS) is 7.22. The summed E-state index contributed by atoms with van der Waals surface area (Å²) in [7, 11) is 0. The maximum Gasteiger partial charge on any atom is 0.440 e. The molecule has 0 aromatic heterocycles. The van der Waals surface area contributed by atoms with Crippen LogP contribution in [0.3, 0.4) is 0 Å². The predicted octanol–water partition coefficient (Wildman–Crippen LogP) is 5.61. The molecule has 0 radical (unpaired) electrons. The number of carbonyl (C=O) groups is 2. The van der Waals surface area contributed by atoms with Crippen LogP contribution in [-0.4, -0.2) is 11.9 Å². The maximum absolute atomic E-state index is 11.6. The molecule has 0 atom stereocenters. The molecule has 1 N–H and O–H groups in total. The minimum atomic E-state index is -1.19. The lowest BCUT2D eigenvalue weighted by Gasteiger charge is -2.02. The topological polar surface area (TPSA) is 55.4 Å². The van der Waals surface area contributed by atoms with Crippen LogP contribution in [0, 0.1) is 0 Å². The first-order valence-electron chi connectivity index (χ1n) is 4.96. The lowest BCUT2D eigenvalue weighted by molar-refractivity contribution is 0.0988. The van der Waals surface area contributed by atoms with Crippen LogP contribution in [-0.2, 0) is 0 Å². The standard InChI is InChI=1S/C10H10FNO3.4F2/c1-2-9(13)7-3-5-8(6-4-7)15-10(14)12-11;4*1-2/h3-6H,2H2,1H3,(H,12,14);;;;. The summed E-state index contributed by atoms with van der Waals surface area (Å²) < 4.78 is 80.1. The van der Waals surface area contributed by atoms with Gasteiger partial charge in [-0.1, -0.05) is 11.4 Å². The molecule has 0 bridgehead atoms. The third-order valence-electron chi connectivity index (χ3n) is 1.79. The molecule has 0 heterocycles. The number of hydrogen-bond acceptors (Lipinski definition) is 3. The Hall–Kier alpha value is -2.47. The van der Waals surface area contributed by atoms with E-state index >= 15 is 0 Å². The summed E-state index contributed by atoms with van der Waals surface area (Å²) in [5.41, 5.74) is 1.37. The van der Waals surface area contributed by atoms with Crippen LogP contribution >= 0.6 is 0 Å². The van der Waals surface area contributed by atoms with Crippen LogP contribution in [0.2, 0.25) is 0 Å². The predicted molar refractivity (Wildman–Crippen MR) is 60.2 cm³/mol. The number of rotatable bonds is 3. The zero-order valence-corrected chi connectivity index (χ0v) is 11.1. The summed E-state index contributed by atoms with van der Waals surface area (Å²) >= 11 is 0. The lowest BCUT2D eigenvalue weighted by atomic mass is 10.1. The Morgan fingerprint density at radius 3 is 1.61 bits per heavy atom. The van der Waals surface area contributed by atoms with Gasteiger partial charge in [-0.25, -0.2) is 4.79 Å². The van der Waals surface area contributed by atoms with Gasteiger partial charge in [-0.3, -0.25) is 4.79 Å². The Balaban J connectivity index is -0.000000196. The molecule has 1 aromatic rings. The molecular weight excluding hydrogens is 353 g/mol. The minimum Gasteiger partial charge on any atom is -0.409 e. The molecule has 4 nitrogen and oxygen atoms in total. The van der Waals surface area contributed by atoms with Crippen molar-refractivity contribution in [2.45, 2.75) is 13.3 Å². The first-order valence-corrected chi connectivity index (χ1v) is 4.96. The molecule has 0 saturated carbocycles. The van der Waals surface area contributed by atoms with E-state index in [4.69, 9.17) is 36.6 Å². The number of amides is 1. The highest BCUT2D eigenvalue weighted by Gasteiger charge is 2.05. The number of carbonyl (C=O) groups excluding carboxylic acids is 2. The molecule has 0 aliphatic carbocycles. The number of benzene rings is 1. The second-order valence-corrected chi connectivity index (χ2v) is 2.79. The second kappa shape index (κ2) is 24.5. The summed E-state index contributed by atoms with van der Waals surface area (Å²) in [4.78, 5) is 21.7. The quantitative estimate of drug-likeness (QED) is 0.431. The smallest absolute Gasteiger partial charge is 0.409 e. The highest BCUT2D eigenvalue weighted by molar-refractivity contribution is 5.95. The number of halogens is 9. The average molecular weight is 363 g/mol. The summed E-state index contributed by atoms with van der Waals surface area (Å²) in [6.45, 7) is 1.75. The van der Waals surface area contributed by atoms with E-state index in [-0.39, 0.29) is 11.5 Å². The van der Waals surface area contributed by atoms with Crippen molar-refractivity contribution in [2.75, 3.05) is 0 Å². The van der Waals surface area contributed by atoms with Gasteiger partial charge in [0.1, 0.15) is 5.75 Å². The van der Waals surface area contributed by atoms with E-state index in [1.54, 1.807) is 6.92 Å². The third-order valence-corrected chi connectivity index (χ3v) is 1.79. The molecule has 0 saturated heterocycles. The van der Waals surface area contributed by atoms with E-state index in [0.717, 1.165) is 5.54 Å². The molecule has 0 fully saturated rings. The fourth-order valence-corrected chi connectivity index (χ4v) is 1.04. The molecule has 23 heavy (non-hydrogen) atoms. The van der Waals surface area contributed by atoms with Gasteiger partial charge in [-0.05, 0) is 24.3 Å². The van der Waals surface area contributed by atoms with Gasteiger partial charge in [0.25, 0.3) is 0 Å². The molecule has 1 rings (SSSR count). The van der Waals surface area contributed by atoms with Crippen molar-refractivity contribution in [3.8, 4) is 5.75 Å². The van der Waals surface area contributed by atoms with Crippen molar-refractivity contribution in [3.05, 3.63) is 29.8 Å². The van der Waals surface area contributed by atoms with Crippen LogP contribution in [0.25, 0.3) is 0 Å². The SMILES string of the molecule is CCC(=O)c1ccc(OC(=O)NF)cc1.FF.FF.FF.FF. The van der Waals surface area contributed by atoms with Crippen molar-refractivity contribution in [3.63, 3.8) is 0 Å². The molecule has 1 amide bonds. The molecule has 0 spiro atoms. The fourth-order valence-electron chi connectivity index (χ4n) is 1.04. The van der Waals surface area contributed by atoms with Crippen molar-refractivity contribution in [1.29, 1.82) is 0 Å². The number of nitrogens with one attached hydrogen (secondary N) is 1. The van der Waals surface area contributed by atoms with Gasteiger partial charge in [0.05, 0.1) is 0 Å². The Bertz CT molecular complexity index is 378. The van der Waals surface area contributed by atoms with Crippen LogP contribution in [0.1, 0.15) is 23.7 Å². The lowest BCUT2D eigenvalue weighted by Crippen LogP contribution is -2.18. The van der Waals surface area contributed by atoms with Crippen LogP contribution in [0.4, 0.5) is 45.9 Å². The van der Waals surface area contributed by atoms with E-state index in [9.17, 15) is 14.1 Å². The highest BCUT2D eigenvalue weighted by Crippen LogP contribution is 2.13. The highest BCUT2D eigenvalue weighted by atomic mass is 20.0. The summed E-state index contributed by atoms with van der Waals surface area (Å²) in [6, 6.07) is 5.90. The van der Waals surface area contributed by atoms with Crippen LogP contribution in [0.5, 0.6) is 5.75 Å². The summed E-state index contributed by atoms with van der Waals surface area (Å²) in [5, 5.41) is 0. The molecule has 1 aromatic carbocycles. The van der Waals surface area contributed by atoms with Gasteiger partial charge in [0.15, 0.2) is 5.78 Å². The van der Waals surface area contributed by atoms with E-state index in [1.807, 2.05) is 0 Å². The Morgan fingerprint density at radius 2 is 1.30 bits per heavy atom. The van der Waals surface area contributed by atoms with Crippen LogP contribution in [0.15, 0.2) is 24.3 Å². The fraction of sp³-hybridized carbons (Fsp3) is 0.200.